The molecular formula is C30H34FN3O3S. The Balaban J connectivity index is 1.48. The second kappa shape index (κ2) is 9.59. The van der Waals surface area contributed by atoms with E-state index in [1.807, 2.05) is 36.7 Å². The molecule has 2 aromatic carbocycles. The van der Waals surface area contributed by atoms with Gasteiger partial charge in [-0.15, -0.1) is 0 Å². The second-order valence-electron chi connectivity index (χ2n) is 10.8. The number of nitrogens with zero attached hydrogens (tertiary/aromatic N) is 3. The van der Waals surface area contributed by atoms with Crippen LogP contribution in [0.4, 0.5) is 4.39 Å². The Labute approximate surface area is 223 Å². The van der Waals surface area contributed by atoms with E-state index < -0.39 is 21.3 Å². The van der Waals surface area contributed by atoms with Crippen LogP contribution in [0.3, 0.4) is 0 Å². The van der Waals surface area contributed by atoms with E-state index in [-0.39, 0.29) is 4.90 Å². The number of rotatable bonds is 5. The fourth-order valence-electron chi connectivity index (χ4n) is 5.51. The van der Waals surface area contributed by atoms with Crippen molar-refractivity contribution in [1.29, 1.82) is 0 Å². The molecule has 1 aliphatic rings. The summed E-state index contributed by atoms with van der Waals surface area (Å²) < 4.78 is 41.1. The summed E-state index contributed by atoms with van der Waals surface area (Å²) in [5.74, 6) is -0.416. The largest absolute Gasteiger partial charge is 0.385 e. The highest BCUT2D eigenvalue weighted by atomic mass is 32.2. The molecule has 38 heavy (non-hydrogen) atoms. The van der Waals surface area contributed by atoms with Crippen molar-refractivity contribution in [2.24, 2.45) is 7.05 Å². The Morgan fingerprint density at radius 2 is 1.63 bits per heavy atom. The average Bonchev–Trinajstić information content (AvgIpc) is 3.20. The molecule has 6 nitrogen and oxygen atoms in total. The highest BCUT2D eigenvalue weighted by Gasteiger charge is 2.36. The Morgan fingerprint density at radius 3 is 2.21 bits per heavy atom. The van der Waals surface area contributed by atoms with E-state index in [2.05, 4.69) is 18.7 Å². The predicted molar refractivity (Wildman–Crippen MR) is 149 cm³/mol. The van der Waals surface area contributed by atoms with Crippen LogP contribution in [0.2, 0.25) is 0 Å². The average molecular weight is 536 g/mol. The quantitative estimate of drug-likeness (QED) is 0.368. The van der Waals surface area contributed by atoms with Gasteiger partial charge in [0, 0.05) is 60.3 Å². The zero-order chi connectivity index (χ0) is 27.4. The van der Waals surface area contributed by atoms with Crippen molar-refractivity contribution in [2.45, 2.75) is 50.2 Å². The summed E-state index contributed by atoms with van der Waals surface area (Å²) in [6.45, 7) is 7.67. The third-order valence-corrected chi connectivity index (χ3v) is 9.06. The molecule has 0 saturated carbocycles. The van der Waals surface area contributed by atoms with E-state index in [0.717, 1.165) is 40.9 Å². The van der Waals surface area contributed by atoms with Gasteiger partial charge in [-0.05, 0) is 69.5 Å². The summed E-state index contributed by atoms with van der Waals surface area (Å²) in [4.78, 5) is 7.35. The molecule has 1 fully saturated rings. The summed E-state index contributed by atoms with van der Waals surface area (Å²) in [6, 6.07) is 16.2. The summed E-state index contributed by atoms with van der Waals surface area (Å²) in [7, 11) is -1.32. The second-order valence-corrected chi connectivity index (χ2v) is 12.8. The zero-order valence-corrected chi connectivity index (χ0v) is 23.3. The summed E-state index contributed by atoms with van der Waals surface area (Å²) in [5.41, 5.74) is 4.07. The molecule has 1 saturated heterocycles. The Hall–Kier alpha value is -3.07. The van der Waals surface area contributed by atoms with Gasteiger partial charge >= 0.3 is 0 Å². The summed E-state index contributed by atoms with van der Waals surface area (Å²) in [5, 5.41) is 12.2. The molecule has 200 valence electrons. The molecule has 5 rings (SSSR count). The molecule has 3 heterocycles. The van der Waals surface area contributed by atoms with Gasteiger partial charge in [0.2, 0.25) is 0 Å². The van der Waals surface area contributed by atoms with Crippen LogP contribution in [0.15, 0.2) is 59.5 Å². The van der Waals surface area contributed by atoms with Gasteiger partial charge in [-0.2, -0.15) is 0 Å². The third kappa shape index (κ3) is 4.77. The summed E-state index contributed by atoms with van der Waals surface area (Å²) in [6.07, 6.45) is 2.20. The number of sulfone groups is 1. The van der Waals surface area contributed by atoms with Crippen LogP contribution in [-0.2, 0) is 22.5 Å². The van der Waals surface area contributed by atoms with E-state index in [0.29, 0.717) is 35.7 Å². The number of piperidine rings is 1. The lowest BCUT2D eigenvalue weighted by Crippen LogP contribution is -2.45. The molecule has 1 aliphatic heterocycles. The van der Waals surface area contributed by atoms with Gasteiger partial charge in [0.1, 0.15) is 5.82 Å². The van der Waals surface area contributed by atoms with Crippen molar-refractivity contribution < 1.29 is 17.9 Å². The number of hydrogen-bond acceptors (Lipinski definition) is 5. The van der Waals surface area contributed by atoms with Crippen molar-refractivity contribution in [2.75, 3.05) is 19.3 Å². The first-order valence-electron chi connectivity index (χ1n) is 12.9. The van der Waals surface area contributed by atoms with Crippen molar-refractivity contribution in [3.05, 3.63) is 71.7 Å². The highest BCUT2D eigenvalue weighted by molar-refractivity contribution is 7.90. The van der Waals surface area contributed by atoms with Gasteiger partial charge in [-0.1, -0.05) is 24.3 Å². The Bertz CT molecular complexity index is 1620. The molecule has 1 N–H and O–H groups in total. The number of aliphatic hydroxyl groups is 1. The topological polar surface area (TPSA) is 75.4 Å². The molecule has 8 heteroatoms. The molecule has 0 aliphatic carbocycles. The summed E-state index contributed by atoms with van der Waals surface area (Å²) >= 11 is 0. The first kappa shape index (κ1) is 26.5. The number of fused-ring (bicyclic) bond motifs is 1. The van der Waals surface area contributed by atoms with Crippen LogP contribution in [0, 0.1) is 12.7 Å². The molecule has 0 atom stereocenters. The molecule has 0 spiro atoms. The van der Waals surface area contributed by atoms with Crippen LogP contribution in [0.25, 0.3) is 33.4 Å². The minimum atomic E-state index is -3.27. The number of hydrogen-bond donors (Lipinski definition) is 1. The Kier molecular flexibility index (Phi) is 6.70. The minimum Gasteiger partial charge on any atom is -0.385 e. The maximum atomic E-state index is 15.4. The maximum Gasteiger partial charge on any atom is 0.175 e. The number of aromatic nitrogens is 2. The molecule has 0 unspecified atom stereocenters. The fraction of sp³-hybridized carbons (Fsp3) is 0.367. The van der Waals surface area contributed by atoms with Gasteiger partial charge in [0.05, 0.1) is 21.7 Å². The fourth-order valence-corrected chi connectivity index (χ4v) is 6.14. The molecule has 0 radical (unpaired) electrons. The smallest absolute Gasteiger partial charge is 0.175 e. The highest BCUT2D eigenvalue weighted by Crippen LogP contribution is 2.37. The Morgan fingerprint density at radius 1 is 1.00 bits per heavy atom. The number of likely N-dealkylation sites (tertiary alicyclic amines) is 1. The molecular weight excluding hydrogens is 501 g/mol. The molecule has 0 bridgehead atoms. The lowest BCUT2D eigenvalue weighted by atomic mass is 9.83. The zero-order valence-electron chi connectivity index (χ0n) is 22.5. The predicted octanol–water partition coefficient (Wildman–Crippen LogP) is 5.45. The number of aryl methyl sites for hydroxylation is 2. The van der Waals surface area contributed by atoms with Crippen molar-refractivity contribution in [3.63, 3.8) is 0 Å². The van der Waals surface area contributed by atoms with E-state index >= 15 is 4.39 Å². The third-order valence-electron chi connectivity index (χ3n) is 7.93. The minimum absolute atomic E-state index is 0.278. The van der Waals surface area contributed by atoms with Gasteiger partial charge < -0.3 is 14.6 Å². The molecule has 0 amide bonds. The van der Waals surface area contributed by atoms with E-state index in [1.165, 1.54) is 12.3 Å². The SMILES string of the molecule is Cc1nc(-c2ccc(C3(O)CCN(C(C)C)CC3)c(F)c2)cc2c1cc(-c1ccc(S(C)(=O)=O)cc1)n2C. The van der Waals surface area contributed by atoms with Crippen LogP contribution in [0.5, 0.6) is 0 Å². The van der Waals surface area contributed by atoms with Gasteiger partial charge in [0.15, 0.2) is 9.84 Å². The van der Waals surface area contributed by atoms with Crippen LogP contribution < -0.4 is 0 Å². The monoisotopic (exact) mass is 535 g/mol. The van der Waals surface area contributed by atoms with Gasteiger partial charge in [-0.25, -0.2) is 12.8 Å². The van der Waals surface area contributed by atoms with Gasteiger partial charge in [-0.3, -0.25) is 4.98 Å². The van der Waals surface area contributed by atoms with Crippen LogP contribution in [0.1, 0.15) is 37.9 Å². The lowest BCUT2D eigenvalue weighted by molar-refractivity contribution is -0.0347. The molecule has 2 aromatic heterocycles. The standard InChI is InChI=1S/C30H34FN3O3S/c1-19(2)34-14-12-30(35,13-15-34)25-11-8-22(16-26(25)31)27-18-29-24(20(3)32-27)17-28(33(29)4)21-6-9-23(10-7-21)38(5,36)37/h6-11,16-19,35H,12-15H2,1-5H3. The van der Waals surface area contributed by atoms with Crippen molar-refractivity contribution in [3.8, 4) is 22.5 Å². The van der Waals surface area contributed by atoms with E-state index in [1.54, 1.807) is 30.3 Å². The molecule has 4 aromatic rings. The van der Waals surface area contributed by atoms with Crippen LogP contribution in [-0.4, -0.2) is 53.4 Å². The van der Waals surface area contributed by atoms with Crippen LogP contribution >= 0.6 is 0 Å². The van der Waals surface area contributed by atoms with E-state index in [9.17, 15) is 13.5 Å². The normalized spacial score (nSPS) is 16.4. The first-order chi connectivity index (χ1) is 17.9. The number of pyridine rings is 1. The van der Waals surface area contributed by atoms with E-state index in [4.69, 9.17) is 4.98 Å². The number of halogens is 1. The first-order valence-corrected chi connectivity index (χ1v) is 14.8. The van der Waals surface area contributed by atoms with Crippen molar-refractivity contribution in [1.82, 2.24) is 14.5 Å². The van der Waals surface area contributed by atoms with Crippen molar-refractivity contribution >= 4 is 20.7 Å². The number of benzene rings is 2. The maximum absolute atomic E-state index is 15.4. The van der Waals surface area contributed by atoms with Gasteiger partial charge in [0.25, 0.3) is 0 Å². The lowest BCUT2D eigenvalue weighted by Gasteiger charge is -2.40.